The minimum atomic E-state index is -4.96. The smallest absolute Gasteiger partial charge is 0.450 e. The summed E-state index contributed by atoms with van der Waals surface area (Å²) in [7, 11) is 0. The maximum absolute atomic E-state index is 13.8. The molecule has 2 aromatic carbocycles. The summed E-state index contributed by atoms with van der Waals surface area (Å²) >= 11 is 0. The highest BCUT2D eigenvalue weighted by Gasteiger charge is 2.41. The monoisotopic (exact) mass is 387 g/mol. The molecule has 0 amide bonds. The van der Waals surface area contributed by atoms with Gasteiger partial charge in [0.15, 0.2) is 5.82 Å². The number of aryl methyl sites for hydroxylation is 1. The van der Waals surface area contributed by atoms with Gasteiger partial charge in [-0.3, -0.25) is 9.36 Å². The molecule has 9 heteroatoms. The first-order valence-electron chi connectivity index (χ1n) is 8.11. The lowest BCUT2D eigenvalue weighted by molar-refractivity contribution is -0.152. The van der Waals surface area contributed by atoms with Gasteiger partial charge in [-0.2, -0.15) is 13.2 Å². The fraction of sp³-hybridized carbons (Fsp3) is 0.105. The average molecular weight is 387 g/mol. The molecule has 0 aliphatic rings. The largest absolute Gasteiger partial charge is 0.508 e. The van der Waals surface area contributed by atoms with E-state index in [0.29, 0.717) is 5.69 Å². The van der Waals surface area contributed by atoms with Crippen molar-refractivity contribution in [1.29, 1.82) is 0 Å². The Morgan fingerprint density at radius 2 is 1.82 bits per heavy atom. The average Bonchev–Trinajstić information content (AvgIpc) is 3.14. The summed E-state index contributed by atoms with van der Waals surface area (Å²) in [6, 6.07) is 10.9. The molecule has 0 atom stereocenters. The summed E-state index contributed by atoms with van der Waals surface area (Å²) in [6.07, 6.45) is -3.75. The molecule has 0 saturated heterocycles. The molecule has 0 spiro atoms. The van der Waals surface area contributed by atoms with Crippen LogP contribution in [-0.2, 0) is 6.18 Å². The van der Waals surface area contributed by atoms with Gasteiger partial charge < -0.3 is 9.52 Å². The van der Waals surface area contributed by atoms with Gasteiger partial charge in [0.05, 0.1) is 5.39 Å². The van der Waals surface area contributed by atoms with E-state index in [-0.39, 0.29) is 28.1 Å². The van der Waals surface area contributed by atoms with Crippen molar-refractivity contribution in [3.63, 3.8) is 0 Å². The molecular weight excluding hydrogens is 375 g/mol. The lowest BCUT2D eigenvalue weighted by Crippen LogP contribution is -2.18. The normalized spacial score (nSPS) is 11.9. The van der Waals surface area contributed by atoms with Crippen molar-refractivity contribution in [3.8, 4) is 22.8 Å². The summed E-state index contributed by atoms with van der Waals surface area (Å²) in [5.41, 5.74) is -1.46. The predicted octanol–water partition coefficient (Wildman–Crippen LogP) is 4.07. The zero-order chi connectivity index (χ0) is 20.1. The number of phenolic OH excluding ortho intramolecular Hbond substituents is 1. The molecular formula is C19H12F3N3O3. The first-order chi connectivity index (χ1) is 13.3. The third-order valence-corrected chi connectivity index (χ3v) is 4.34. The van der Waals surface area contributed by atoms with E-state index in [0.717, 1.165) is 0 Å². The van der Waals surface area contributed by atoms with E-state index in [9.17, 15) is 23.1 Å². The number of para-hydroxylation sites is 1. The Balaban J connectivity index is 2.12. The zero-order valence-corrected chi connectivity index (χ0v) is 14.4. The first-order valence-corrected chi connectivity index (χ1v) is 8.11. The van der Waals surface area contributed by atoms with Gasteiger partial charge >= 0.3 is 6.18 Å². The van der Waals surface area contributed by atoms with Gasteiger partial charge in [0.25, 0.3) is 0 Å². The Labute approximate surface area is 155 Å². The number of hydrogen-bond acceptors (Lipinski definition) is 5. The van der Waals surface area contributed by atoms with Crippen LogP contribution < -0.4 is 5.43 Å². The van der Waals surface area contributed by atoms with Crippen molar-refractivity contribution < 1.29 is 22.7 Å². The lowest BCUT2D eigenvalue weighted by Gasteiger charge is -2.14. The second-order valence-corrected chi connectivity index (χ2v) is 6.08. The number of alkyl halides is 3. The van der Waals surface area contributed by atoms with Crippen LogP contribution in [0, 0.1) is 6.92 Å². The molecule has 142 valence electrons. The molecule has 0 aliphatic carbocycles. The molecule has 28 heavy (non-hydrogen) atoms. The van der Waals surface area contributed by atoms with Crippen molar-refractivity contribution in [2.75, 3.05) is 0 Å². The van der Waals surface area contributed by atoms with E-state index in [2.05, 4.69) is 10.2 Å². The number of benzene rings is 2. The van der Waals surface area contributed by atoms with E-state index < -0.39 is 22.9 Å². The summed E-state index contributed by atoms with van der Waals surface area (Å²) in [6.45, 7) is 1.37. The molecule has 0 unspecified atom stereocenters. The maximum atomic E-state index is 13.8. The van der Waals surface area contributed by atoms with E-state index in [1.807, 2.05) is 0 Å². The molecule has 1 N–H and O–H groups in total. The maximum Gasteiger partial charge on any atom is 0.450 e. The molecule has 6 nitrogen and oxygen atoms in total. The van der Waals surface area contributed by atoms with Crippen LogP contribution >= 0.6 is 0 Å². The topological polar surface area (TPSA) is 81.1 Å². The number of rotatable bonds is 2. The van der Waals surface area contributed by atoms with Crippen LogP contribution in [0.2, 0.25) is 0 Å². The number of phenols is 1. The molecule has 0 radical (unpaired) electrons. The van der Waals surface area contributed by atoms with Crippen LogP contribution in [0.25, 0.3) is 28.0 Å². The molecule has 4 rings (SSSR count). The number of nitrogens with zero attached hydrogens (tertiary/aromatic N) is 3. The SMILES string of the molecule is Cc1c(O)ccc2c(=O)c(-c3nncn3-c3ccccc3)c(C(F)(F)F)oc12. The zero-order valence-electron chi connectivity index (χ0n) is 14.4. The molecule has 0 aliphatic heterocycles. The molecule has 0 fully saturated rings. The highest BCUT2D eigenvalue weighted by Crippen LogP contribution is 2.38. The molecule has 0 saturated carbocycles. The molecule has 2 heterocycles. The second-order valence-electron chi connectivity index (χ2n) is 6.08. The fourth-order valence-electron chi connectivity index (χ4n) is 2.97. The fourth-order valence-corrected chi connectivity index (χ4v) is 2.97. The van der Waals surface area contributed by atoms with Gasteiger partial charge in [0, 0.05) is 11.3 Å². The van der Waals surface area contributed by atoms with Gasteiger partial charge in [0.2, 0.25) is 11.2 Å². The van der Waals surface area contributed by atoms with E-state index >= 15 is 0 Å². The van der Waals surface area contributed by atoms with E-state index in [1.165, 1.54) is 30.0 Å². The van der Waals surface area contributed by atoms with Crippen molar-refractivity contribution in [2.24, 2.45) is 0 Å². The van der Waals surface area contributed by atoms with Crippen LogP contribution in [0.15, 0.2) is 58.0 Å². The summed E-state index contributed by atoms with van der Waals surface area (Å²) in [4.78, 5) is 13.0. The number of halogens is 3. The minimum Gasteiger partial charge on any atom is -0.508 e. The Morgan fingerprint density at radius 1 is 1.11 bits per heavy atom. The highest BCUT2D eigenvalue weighted by atomic mass is 19.4. The van der Waals surface area contributed by atoms with E-state index in [1.54, 1.807) is 30.3 Å². The van der Waals surface area contributed by atoms with Gasteiger partial charge in [0.1, 0.15) is 23.2 Å². The number of fused-ring (bicyclic) bond motifs is 1. The van der Waals surface area contributed by atoms with Crippen LogP contribution in [0.1, 0.15) is 11.3 Å². The van der Waals surface area contributed by atoms with Gasteiger partial charge in [-0.1, -0.05) is 18.2 Å². The van der Waals surface area contributed by atoms with E-state index in [4.69, 9.17) is 4.42 Å². The lowest BCUT2D eigenvalue weighted by atomic mass is 10.1. The number of hydrogen-bond donors (Lipinski definition) is 1. The van der Waals surface area contributed by atoms with Crippen LogP contribution in [0.3, 0.4) is 0 Å². The van der Waals surface area contributed by atoms with Crippen molar-refractivity contribution in [3.05, 3.63) is 70.3 Å². The Bertz CT molecular complexity index is 1240. The summed E-state index contributed by atoms with van der Waals surface area (Å²) in [5, 5.41) is 17.1. The number of aromatic hydroxyl groups is 1. The van der Waals surface area contributed by atoms with Crippen LogP contribution in [0.4, 0.5) is 13.2 Å². The minimum absolute atomic E-state index is 0.0381. The highest BCUT2D eigenvalue weighted by molar-refractivity contribution is 5.85. The Kier molecular flexibility index (Phi) is 3.95. The molecule has 4 aromatic rings. The van der Waals surface area contributed by atoms with Crippen LogP contribution in [-0.4, -0.2) is 19.9 Å². The molecule has 0 bridgehead atoms. The summed E-state index contributed by atoms with van der Waals surface area (Å²) in [5.74, 6) is -2.06. The van der Waals surface area contributed by atoms with Crippen LogP contribution in [0.5, 0.6) is 5.75 Å². The van der Waals surface area contributed by atoms with Crippen molar-refractivity contribution >= 4 is 11.0 Å². The first kappa shape index (κ1) is 17.8. The Morgan fingerprint density at radius 3 is 2.50 bits per heavy atom. The second kappa shape index (κ2) is 6.22. The third kappa shape index (κ3) is 2.72. The molecule has 2 aromatic heterocycles. The standard InChI is InChI=1S/C19H12F3N3O3/c1-10-13(26)8-7-12-15(27)14(17(19(20,21)22)28-16(10)12)18-24-23-9-25(18)11-5-3-2-4-6-11/h2-9,26H,1H3. The predicted molar refractivity (Wildman–Crippen MR) is 94.2 cm³/mol. The quantitative estimate of drug-likeness (QED) is 0.561. The summed E-state index contributed by atoms with van der Waals surface area (Å²) < 4.78 is 47.7. The van der Waals surface area contributed by atoms with Crippen molar-refractivity contribution in [1.82, 2.24) is 14.8 Å². The van der Waals surface area contributed by atoms with Gasteiger partial charge in [-0.25, -0.2) is 0 Å². The van der Waals surface area contributed by atoms with Crippen molar-refractivity contribution in [2.45, 2.75) is 13.1 Å². The van der Waals surface area contributed by atoms with Gasteiger partial charge in [-0.15, -0.1) is 10.2 Å². The van der Waals surface area contributed by atoms with Gasteiger partial charge in [-0.05, 0) is 31.2 Å². The number of aromatic nitrogens is 3. The third-order valence-electron chi connectivity index (χ3n) is 4.34. The Hall–Kier alpha value is -3.62.